The molecule has 3 aliphatic carbocycles. The summed E-state index contributed by atoms with van der Waals surface area (Å²) in [5, 5.41) is 0. The van der Waals surface area contributed by atoms with Gasteiger partial charge in [-0.1, -0.05) is 60.7 Å². The fraction of sp³-hybridized carbons (Fsp3) is 0.333. The van der Waals surface area contributed by atoms with Crippen LogP contribution in [0, 0.1) is 11.8 Å². The van der Waals surface area contributed by atoms with Crippen LogP contribution in [-0.2, 0) is 8.85 Å². The zero-order valence-corrected chi connectivity index (χ0v) is 12.8. The van der Waals surface area contributed by atoms with Gasteiger partial charge in [-0.25, -0.2) is 0 Å². The predicted octanol–water partition coefficient (Wildman–Crippen LogP) is 3.84. The van der Waals surface area contributed by atoms with E-state index >= 15 is 0 Å². The first-order valence-electron chi connectivity index (χ1n) is 7.60. The molecule has 3 heteroatoms. The summed E-state index contributed by atoms with van der Waals surface area (Å²) < 4.78 is 12.0. The van der Waals surface area contributed by atoms with Crippen LogP contribution in [0.4, 0.5) is 0 Å². The van der Waals surface area contributed by atoms with E-state index in [-0.39, 0.29) is 16.1 Å². The molecule has 3 aliphatic rings. The second kappa shape index (κ2) is 5.76. The third-order valence-electron chi connectivity index (χ3n) is 4.64. The predicted molar refractivity (Wildman–Crippen MR) is 84.4 cm³/mol. The van der Waals surface area contributed by atoms with Crippen molar-refractivity contribution in [1.29, 1.82) is 0 Å². The summed E-state index contributed by atoms with van der Waals surface area (Å²) in [5.41, 5.74) is 2.51. The third-order valence-corrected chi connectivity index (χ3v) is 5.39. The molecule has 1 saturated carbocycles. The highest BCUT2D eigenvalue weighted by atomic mass is 28.3. The van der Waals surface area contributed by atoms with Crippen molar-refractivity contribution in [3.05, 3.63) is 65.8 Å². The number of fused-ring (bicyclic) bond motifs is 2. The topological polar surface area (TPSA) is 18.5 Å². The summed E-state index contributed by atoms with van der Waals surface area (Å²) in [4.78, 5) is 0. The van der Waals surface area contributed by atoms with Crippen LogP contribution >= 0.6 is 0 Å². The molecule has 0 saturated heterocycles. The molecule has 1 aromatic rings. The number of hydrogen-bond acceptors (Lipinski definition) is 2. The molecule has 0 aromatic heterocycles. The number of benzene rings is 1. The molecule has 1 fully saturated rings. The summed E-state index contributed by atoms with van der Waals surface area (Å²) >= 11 is 0. The van der Waals surface area contributed by atoms with Crippen LogP contribution in [0.2, 0.25) is 0 Å². The van der Waals surface area contributed by atoms with E-state index in [1.807, 2.05) is 0 Å². The van der Waals surface area contributed by atoms with Crippen molar-refractivity contribution in [1.82, 2.24) is 0 Å². The Labute approximate surface area is 128 Å². The first-order valence-corrected chi connectivity index (χ1v) is 8.42. The number of rotatable bonds is 4. The van der Waals surface area contributed by atoms with E-state index in [4.69, 9.17) is 8.85 Å². The molecule has 0 N–H and O–H groups in total. The average molecular weight is 294 g/mol. The van der Waals surface area contributed by atoms with Crippen molar-refractivity contribution in [2.45, 2.75) is 25.0 Å². The molecule has 4 unspecified atom stereocenters. The molecular weight excluding hydrogens is 276 g/mol. The minimum atomic E-state index is 0.0542. The summed E-state index contributed by atoms with van der Waals surface area (Å²) in [6.45, 7) is 0. The van der Waals surface area contributed by atoms with E-state index in [2.05, 4.69) is 60.7 Å². The minimum absolute atomic E-state index is 0.0542. The molecule has 2 radical (unpaired) electrons. The van der Waals surface area contributed by atoms with Gasteiger partial charge in [0.25, 0.3) is 0 Å². The van der Waals surface area contributed by atoms with Crippen molar-refractivity contribution in [3.63, 3.8) is 0 Å². The minimum Gasteiger partial charge on any atom is -0.389 e. The Balaban J connectivity index is 1.32. The van der Waals surface area contributed by atoms with Crippen molar-refractivity contribution < 1.29 is 8.85 Å². The lowest BCUT2D eigenvalue weighted by Crippen LogP contribution is -2.24. The van der Waals surface area contributed by atoms with E-state index in [1.54, 1.807) is 0 Å². The zero-order valence-electron chi connectivity index (χ0n) is 11.8. The van der Waals surface area contributed by atoms with Crippen LogP contribution in [0.15, 0.2) is 54.6 Å². The van der Waals surface area contributed by atoms with E-state index in [0.29, 0.717) is 17.9 Å². The van der Waals surface area contributed by atoms with Crippen molar-refractivity contribution in [3.8, 4) is 0 Å². The van der Waals surface area contributed by atoms with E-state index in [0.717, 1.165) is 6.42 Å². The lowest BCUT2D eigenvalue weighted by Gasteiger charge is -2.22. The van der Waals surface area contributed by atoms with Crippen molar-refractivity contribution >= 4 is 16.1 Å². The van der Waals surface area contributed by atoms with Gasteiger partial charge in [0, 0.05) is 5.92 Å². The second-order valence-corrected chi connectivity index (χ2v) is 6.49. The van der Waals surface area contributed by atoms with Gasteiger partial charge >= 0.3 is 10.0 Å². The van der Waals surface area contributed by atoms with Crippen LogP contribution in [0.1, 0.15) is 30.1 Å². The highest BCUT2D eigenvalue weighted by Crippen LogP contribution is 2.38. The Kier molecular flexibility index (Phi) is 3.63. The summed E-state index contributed by atoms with van der Waals surface area (Å²) in [6, 6.07) is 8.38. The number of hydrogen-bond donors (Lipinski definition) is 0. The Bertz CT molecular complexity index is 605. The van der Waals surface area contributed by atoms with E-state index in [1.165, 1.54) is 17.5 Å². The first kappa shape index (κ1) is 13.3. The summed E-state index contributed by atoms with van der Waals surface area (Å²) in [7, 11) is 0.107. The standard InChI is InChI=1S/C18H18O2Si/c1-3-7-15-13(5-1)9-11-17(15)19-21-20-18-12-10-14-6-2-4-8-16(14)18/h1-9,11,14,16-18H,10,12H2. The monoisotopic (exact) mass is 294 g/mol. The smallest absolute Gasteiger partial charge is 0.389 e. The molecule has 0 bridgehead atoms. The quantitative estimate of drug-likeness (QED) is 0.785. The third kappa shape index (κ3) is 2.57. The molecule has 2 nitrogen and oxygen atoms in total. The highest BCUT2D eigenvalue weighted by molar-refractivity contribution is 6.18. The molecular formula is C18H18O2Si. The lowest BCUT2D eigenvalue weighted by molar-refractivity contribution is 0.120. The zero-order chi connectivity index (χ0) is 14.1. The maximum Gasteiger partial charge on any atom is 0.434 e. The van der Waals surface area contributed by atoms with Gasteiger partial charge in [-0.15, -0.1) is 0 Å². The van der Waals surface area contributed by atoms with Gasteiger partial charge < -0.3 is 8.85 Å². The maximum atomic E-state index is 6.04. The SMILES string of the molecule is C1=CC2CCC(O[Si]OC3C=Cc4ccccc43)C2C=C1. The molecule has 0 amide bonds. The van der Waals surface area contributed by atoms with Crippen molar-refractivity contribution in [2.24, 2.45) is 11.8 Å². The molecule has 21 heavy (non-hydrogen) atoms. The molecule has 106 valence electrons. The highest BCUT2D eigenvalue weighted by Gasteiger charge is 2.34. The van der Waals surface area contributed by atoms with Crippen LogP contribution in [0.25, 0.3) is 6.08 Å². The summed E-state index contributed by atoms with van der Waals surface area (Å²) in [5.74, 6) is 1.20. The van der Waals surface area contributed by atoms with Gasteiger partial charge in [-0.3, -0.25) is 0 Å². The van der Waals surface area contributed by atoms with Gasteiger partial charge in [-0.2, -0.15) is 0 Å². The molecule has 4 rings (SSSR count). The summed E-state index contributed by atoms with van der Waals surface area (Å²) in [6.07, 6.45) is 15.9. The van der Waals surface area contributed by atoms with Gasteiger partial charge in [0.15, 0.2) is 0 Å². The van der Waals surface area contributed by atoms with E-state index < -0.39 is 0 Å². The Morgan fingerprint density at radius 3 is 2.86 bits per heavy atom. The van der Waals surface area contributed by atoms with Gasteiger partial charge in [0.05, 0.1) is 12.2 Å². The van der Waals surface area contributed by atoms with E-state index in [9.17, 15) is 0 Å². The normalized spacial score (nSPS) is 32.4. The largest absolute Gasteiger partial charge is 0.434 e. The Morgan fingerprint density at radius 2 is 1.86 bits per heavy atom. The van der Waals surface area contributed by atoms with Crippen LogP contribution in [0.3, 0.4) is 0 Å². The van der Waals surface area contributed by atoms with Crippen LogP contribution in [-0.4, -0.2) is 16.1 Å². The van der Waals surface area contributed by atoms with Gasteiger partial charge in [-0.05, 0) is 29.9 Å². The van der Waals surface area contributed by atoms with Crippen LogP contribution in [0.5, 0.6) is 0 Å². The first-order chi connectivity index (χ1) is 10.4. The molecule has 0 aliphatic heterocycles. The van der Waals surface area contributed by atoms with Crippen LogP contribution < -0.4 is 0 Å². The molecule has 0 heterocycles. The van der Waals surface area contributed by atoms with Gasteiger partial charge in [0.2, 0.25) is 0 Å². The molecule has 4 atom stereocenters. The fourth-order valence-corrected chi connectivity index (χ4v) is 4.27. The maximum absolute atomic E-state index is 6.04. The average Bonchev–Trinajstić information content (AvgIpc) is 3.13. The lowest BCUT2D eigenvalue weighted by atomic mass is 9.91. The number of allylic oxidation sites excluding steroid dienone is 3. The molecule has 1 aromatic carbocycles. The van der Waals surface area contributed by atoms with Crippen molar-refractivity contribution in [2.75, 3.05) is 0 Å². The second-order valence-electron chi connectivity index (χ2n) is 5.85. The Hall–Kier alpha value is -1.42. The van der Waals surface area contributed by atoms with Gasteiger partial charge in [0.1, 0.15) is 0 Å². The Morgan fingerprint density at radius 1 is 0.952 bits per heavy atom. The molecule has 0 spiro atoms. The fourth-order valence-electron chi connectivity index (χ4n) is 3.51.